The van der Waals surface area contributed by atoms with E-state index in [-0.39, 0.29) is 18.5 Å². The van der Waals surface area contributed by atoms with Gasteiger partial charge in [-0.05, 0) is 30.9 Å². The number of likely N-dealkylation sites (tertiary alicyclic amines) is 1. The third-order valence-corrected chi connectivity index (χ3v) is 4.11. The Kier molecular flexibility index (Phi) is 3.77. The molecule has 1 aliphatic rings. The van der Waals surface area contributed by atoms with Gasteiger partial charge in [0.1, 0.15) is 11.4 Å². The topological polar surface area (TPSA) is 43.1 Å². The molecule has 2 aromatic rings. The minimum absolute atomic E-state index is 0.0240. The van der Waals surface area contributed by atoms with Crippen LogP contribution in [-0.2, 0) is 7.05 Å². The highest BCUT2D eigenvalue weighted by molar-refractivity contribution is 5.97. The molecule has 5 nitrogen and oxygen atoms in total. The molecule has 1 saturated heterocycles. The number of aromatic nitrogens is 3. The van der Waals surface area contributed by atoms with Crippen LogP contribution >= 0.6 is 0 Å². The van der Waals surface area contributed by atoms with Crippen molar-refractivity contribution in [1.29, 1.82) is 0 Å². The molecule has 2 aromatic heterocycles. The second-order valence-corrected chi connectivity index (χ2v) is 5.49. The molecule has 0 radical (unpaired) electrons. The minimum atomic E-state index is -0.288. The number of halogens is 1. The first-order valence-electron chi connectivity index (χ1n) is 7.21. The molecule has 1 fully saturated rings. The van der Waals surface area contributed by atoms with Gasteiger partial charge in [0.15, 0.2) is 0 Å². The van der Waals surface area contributed by atoms with Crippen LogP contribution in [0.1, 0.15) is 23.2 Å². The maximum Gasteiger partial charge on any atom is 0.259 e. The monoisotopic (exact) mass is 290 g/mol. The summed E-state index contributed by atoms with van der Waals surface area (Å²) in [7, 11) is 1.82. The zero-order valence-corrected chi connectivity index (χ0v) is 12.1. The summed E-state index contributed by atoms with van der Waals surface area (Å²) in [6, 6.07) is 3.82. The average Bonchev–Trinajstić information content (AvgIpc) is 3.15. The number of piperidine rings is 1. The first-order valence-corrected chi connectivity index (χ1v) is 7.21. The lowest BCUT2D eigenvalue weighted by Gasteiger charge is -2.30. The number of amides is 1. The Morgan fingerprint density at radius 3 is 2.62 bits per heavy atom. The molecule has 1 aliphatic heterocycles. The summed E-state index contributed by atoms with van der Waals surface area (Å²) in [6.45, 7) is 0.949. The molecule has 21 heavy (non-hydrogen) atoms. The highest BCUT2D eigenvalue weighted by atomic mass is 19.1. The molecule has 3 heterocycles. The molecule has 6 heteroatoms. The minimum Gasteiger partial charge on any atom is -0.338 e. The first-order chi connectivity index (χ1) is 10.2. The fourth-order valence-electron chi connectivity index (χ4n) is 2.82. The van der Waals surface area contributed by atoms with Gasteiger partial charge in [0.05, 0.1) is 12.9 Å². The number of alkyl halides is 1. The van der Waals surface area contributed by atoms with Gasteiger partial charge in [-0.3, -0.25) is 13.9 Å². The van der Waals surface area contributed by atoms with Gasteiger partial charge in [-0.2, -0.15) is 5.10 Å². The summed E-state index contributed by atoms with van der Waals surface area (Å²) >= 11 is 0. The van der Waals surface area contributed by atoms with Crippen molar-refractivity contribution in [3.63, 3.8) is 0 Å². The summed E-state index contributed by atoms with van der Waals surface area (Å²) < 4.78 is 16.2. The van der Waals surface area contributed by atoms with E-state index in [1.165, 1.54) is 0 Å². The number of aryl methyl sites for hydroxylation is 1. The van der Waals surface area contributed by atoms with Gasteiger partial charge in [0, 0.05) is 32.5 Å². The normalized spacial score (nSPS) is 16.4. The fourth-order valence-corrected chi connectivity index (χ4v) is 2.82. The second kappa shape index (κ2) is 5.71. The molecule has 0 bridgehead atoms. The summed E-state index contributed by atoms with van der Waals surface area (Å²) in [5.41, 5.74) is 0.590. The predicted molar refractivity (Wildman–Crippen MR) is 77.1 cm³/mol. The molecule has 0 saturated carbocycles. The van der Waals surface area contributed by atoms with Gasteiger partial charge in [-0.15, -0.1) is 0 Å². The number of nitrogens with zero attached hydrogens (tertiary/aromatic N) is 4. The van der Waals surface area contributed by atoms with Crippen molar-refractivity contribution in [2.45, 2.75) is 12.8 Å². The van der Waals surface area contributed by atoms with Gasteiger partial charge in [0.2, 0.25) is 0 Å². The lowest BCUT2D eigenvalue weighted by Crippen LogP contribution is -2.39. The Morgan fingerprint density at radius 1 is 1.33 bits per heavy atom. The van der Waals surface area contributed by atoms with E-state index in [1.54, 1.807) is 15.8 Å². The highest BCUT2D eigenvalue weighted by Gasteiger charge is 2.27. The van der Waals surface area contributed by atoms with Crippen molar-refractivity contribution in [2.75, 3.05) is 19.8 Å². The van der Waals surface area contributed by atoms with Crippen molar-refractivity contribution in [3.8, 4) is 5.82 Å². The number of hydrogen-bond donors (Lipinski definition) is 0. The Bertz CT molecular complexity index is 612. The van der Waals surface area contributed by atoms with Gasteiger partial charge in [-0.1, -0.05) is 0 Å². The van der Waals surface area contributed by atoms with Crippen LogP contribution in [0.25, 0.3) is 5.82 Å². The second-order valence-electron chi connectivity index (χ2n) is 5.49. The molecule has 1 amide bonds. The average molecular weight is 290 g/mol. The molecule has 0 aliphatic carbocycles. The van der Waals surface area contributed by atoms with Gasteiger partial charge >= 0.3 is 0 Å². The number of rotatable bonds is 3. The van der Waals surface area contributed by atoms with Crippen LogP contribution in [-0.4, -0.2) is 44.9 Å². The van der Waals surface area contributed by atoms with E-state index in [2.05, 4.69) is 5.10 Å². The molecular weight excluding hydrogens is 271 g/mol. The van der Waals surface area contributed by atoms with Gasteiger partial charge in [0.25, 0.3) is 5.91 Å². The Morgan fingerprint density at radius 2 is 2.00 bits per heavy atom. The third kappa shape index (κ3) is 2.57. The molecule has 0 unspecified atom stereocenters. The summed E-state index contributed by atoms with van der Waals surface area (Å²) in [6.07, 6.45) is 6.87. The van der Waals surface area contributed by atoms with Crippen molar-refractivity contribution in [1.82, 2.24) is 19.2 Å². The van der Waals surface area contributed by atoms with Gasteiger partial charge < -0.3 is 9.47 Å². The predicted octanol–water partition coefficient (Wildman–Crippen LogP) is 2.03. The van der Waals surface area contributed by atoms with E-state index in [0.717, 1.165) is 18.7 Å². The summed E-state index contributed by atoms with van der Waals surface area (Å²) in [5, 5.41) is 4.21. The first kappa shape index (κ1) is 13.9. The number of carbonyl (C=O) groups is 1. The maximum atomic E-state index is 12.7. The fraction of sp³-hybridized carbons (Fsp3) is 0.467. The zero-order chi connectivity index (χ0) is 14.8. The Labute approximate surface area is 123 Å². The van der Waals surface area contributed by atoms with Crippen molar-refractivity contribution >= 4 is 5.91 Å². The molecule has 0 N–H and O–H groups in total. The third-order valence-electron chi connectivity index (χ3n) is 4.11. The Hall–Kier alpha value is -2.11. The SMILES string of the molecule is Cn1ncc(C(=O)N2CCC(CF)CC2)c1-n1cccc1. The van der Waals surface area contributed by atoms with Crippen molar-refractivity contribution < 1.29 is 9.18 Å². The zero-order valence-electron chi connectivity index (χ0n) is 12.1. The van der Waals surface area contributed by atoms with E-state index in [0.29, 0.717) is 18.7 Å². The molecule has 112 valence electrons. The lowest BCUT2D eigenvalue weighted by molar-refractivity contribution is 0.0677. The van der Waals surface area contributed by atoms with Crippen LogP contribution in [0.3, 0.4) is 0 Å². The van der Waals surface area contributed by atoms with Crippen LogP contribution in [0.4, 0.5) is 4.39 Å². The summed E-state index contributed by atoms with van der Waals surface area (Å²) in [5.74, 6) is 0.841. The van der Waals surface area contributed by atoms with Gasteiger partial charge in [-0.25, -0.2) is 0 Å². The molecule has 0 aromatic carbocycles. The summed E-state index contributed by atoms with van der Waals surface area (Å²) in [4.78, 5) is 14.5. The van der Waals surface area contributed by atoms with Crippen LogP contribution in [0, 0.1) is 5.92 Å². The highest BCUT2D eigenvalue weighted by Crippen LogP contribution is 2.22. The number of hydrogen-bond acceptors (Lipinski definition) is 2. The standard InChI is InChI=1S/C15H19FN4O/c1-18-14(19-6-2-3-7-19)13(11-17-18)15(21)20-8-4-12(10-16)5-9-20/h2-3,6-7,11-12H,4-5,8-10H2,1H3. The lowest BCUT2D eigenvalue weighted by atomic mass is 9.98. The van der Waals surface area contributed by atoms with E-state index in [9.17, 15) is 9.18 Å². The van der Waals surface area contributed by atoms with Crippen LogP contribution in [0.5, 0.6) is 0 Å². The van der Waals surface area contributed by atoms with Crippen molar-refractivity contribution in [2.24, 2.45) is 13.0 Å². The van der Waals surface area contributed by atoms with Crippen LogP contribution < -0.4 is 0 Å². The maximum absolute atomic E-state index is 12.7. The van der Waals surface area contributed by atoms with Crippen molar-refractivity contribution in [3.05, 3.63) is 36.3 Å². The molecule has 0 atom stereocenters. The molecular formula is C15H19FN4O. The smallest absolute Gasteiger partial charge is 0.259 e. The van der Waals surface area contributed by atoms with Crippen LogP contribution in [0.15, 0.2) is 30.7 Å². The number of carbonyl (C=O) groups excluding carboxylic acids is 1. The van der Waals surface area contributed by atoms with E-state index < -0.39 is 0 Å². The molecule has 3 rings (SSSR count). The van der Waals surface area contributed by atoms with E-state index >= 15 is 0 Å². The molecule has 0 spiro atoms. The van der Waals surface area contributed by atoms with E-state index in [4.69, 9.17) is 0 Å². The van der Waals surface area contributed by atoms with E-state index in [1.807, 2.05) is 36.1 Å². The quantitative estimate of drug-likeness (QED) is 0.868. The largest absolute Gasteiger partial charge is 0.338 e. The Balaban J connectivity index is 1.83. The van der Waals surface area contributed by atoms with Crippen LogP contribution in [0.2, 0.25) is 0 Å².